The van der Waals surface area contributed by atoms with Gasteiger partial charge in [0.2, 0.25) is 0 Å². The lowest BCUT2D eigenvalue weighted by Crippen LogP contribution is -2.24. The predicted octanol–water partition coefficient (Wildman–Crippen LogP) is 3.30. The molecule has 1 amide bonds. The number of hydrogen-bond donors (Lipinski definition) is 1. The maximum Gasteiger partial charge on any atom is 0.277 e. The first-order valence-electron chi connectivity index (χ1n) is 7.46. The van der Waals surface area contributed by atoms with Crippen molar-refractivity contribution in [2.24, 2.45) is 5.10 Å². The fourth-order valence-electron chi connectivity index (χ4n) is 2.06. The number of aryl methyl sites for hydroxylation is 1. The monoisotopic (exact) mass is 406 g/mol. The van der Waals surface area contributed by atoms with E-state index in [0.29, 0.717) is 17.2 Å². The Labute approximate surface area is 154 Å². The van der Waals surface area contributed by atoms with E-state index in [9.17, 15) is 4.79 Å². The Kier molecular flexibility index (Phi) is 6.82. The van der Waals surface area contributed by atoms with Gasteiger partial charge >= 0.3 is 0 Å². The van der Waals surface area contributed by atoms with Crippen molar-refractivity contribution in [3.63, 3.8) is 0 Å². The van der Waals surface area contributed by atoms with E-state index in [1.165, 1.54) is 6.21 Å². The van der Waals surface area contributed by atoms with Crippen LogP contribution in [0.25, 0.3) is 0 Å². The van der Waals surface area contributed by atoms with E-state index in [1.54, 1.807) is 38.5 Å². The average Bonchev–Trinajstić information content (AvgIpc) is 2.60. The van der Waals surface area contributed by atoms with Crippen LogP contribution in [0, 0.1) is 6.92 Å². The van der Waals surface area contributed by atoms with Gasteiger partial charge in [0.15, 0.2) is 18.1 Å². The fraction of sp³-hybridized carbons (Fsp3) is 0.222. The molecule has 0 aromatic heterocycles. The molecular formula is C18H19BrN2O4. The van der Waals surface area contributed by atoms with Crippen molar-refractivity contribution in [3.8, 4) is 17.2 Å². The van der Waals surface area contributed by atoms with Crippen molar-refractivity contribution in [2.75, 3.05) is 20.8 Å². The Morgan fingerprint density at radius 1 is 1.12 bits per heavy atom. The molecule has 2 aromatic carbocycles. The van der Waals surface area contributed by atoms with Crippen LogP contribution < -0.4 is 19.6 Å². The minimum absolute atomic E-state index is 0.119. The second-order valence-corrected chi connectivity index (χ2v) is 6.02. The summed E-state index contributed by atoms with van der Waals surface area (Å²) in [6.07, 6.45) is 1.52. The molecule has 0 aliphatic rings. The van der Waals surface area contributed by atoms with Crippen LogP contribution in [-0.4, -0.2) is 32.9 Å². The highest BCUT2D eigenvalue weighted by atomic mass is 79.9. The van der Waals surface area contributed by atoms with Crippen molar-refractivity contribution in [2.45, 2.75) is 6.92 Å². The van der Waals surface area contributed by atoms with Gasteiger partial charge in [0.25, 0.3) is 5.91 Å². The first-order valence-corrected chi connectivity index (χ1v) is 8.25. The third kappa shape index (κ3) is 5.49. The van der Waals surface area contributed by atoms with Gasteiger partial charge < -0.3 is 14.2 Å². The maximum absolute atomic E-state index is 11.8. The number of ether oxygens (including phenoxy) is 3. The lowest BCUT2D eigenvalue weighted by Gasteiger charge is -2.08. The zero-order valence-electron chi connectivity index (χ0n) is 14.2. The summed E-state index contributed by atoms with van der Waals surface area (Å²) in [6.45, 7) is 1.79. The van der Waals surface area contributed by atoms with Gasteiger partial charge in [-0.2, -0.15) is 5.10 Å². The third-order valence-corrected chi connectivity index (χ3v) is 3.80. The van der Waals surface area contributed by atoms with Crippen molar-refractivity contribution in [3.05, 3.63) is 52.0 Å². The number of halogens is 1. The maximum atomic E-state index is 11.8. The molecule has 0 spiro atoms. The van der Waals surface area contributed by atoms with E-state index in [-0.39, 0.29) is 12.5 Å². The number of methoxy groups -OCH3 is 2. The molecule has 132 valence electrons. The Balaban J connectivity index is 1.88. The minimum Gasteiger partial charge on any atom is -0.493 e. The summed E-state index contributed by atoms with van der Waals surface area (Å²) >= 11 is 3.38. The van der Waals surface area contributed by atoms with Gasteiger partial charge in [-0.25, -0.2) is 5.43 Å². The molecule has 6 nitrogen and oxygen atoms in total. The van der Waals surface area contributed by atoms with Gasteiger partial charge in [0.05, 0.1) is 20.4 Å². The quantitative estimate of drug-likeness (QED) is 0.565. The first kappa shape index (κ1) is 18.8. The number of rotatable bonds is 7. The lowest BCUT2D eigenvalue weighted by molar-refractivity contribution is -0.123. The van der Waals surface area contributed by atoms with Crippen molar-refractivity contribution in [1.82, 2.24) is 5.43 Å². The van der Waals surface area contributed by atoms with Crippen molar-refractivity contribution >= 4 is 28.1 Å². The molecule has 7 heteroatoms. The number of nitrogens with one attached hydrogen (secondary N) is 1. The fourth-order valence-corrected chi connectivity index (χ4v) is 2.54. The van der Waals surface area contributed by atoms with Crippen LogP contribution in [0.3, 0.4) is 0 Å². The lowest BCUT2D eigenvalue weighted by atomic mass is 10.2. The Morgan fingerprint density at radius 3 is 2.52 bits per heavy atom. The second kappa shape index (κ2) is 9.08. The van der Waals surface area contributed by atoms with E-state index in [4.69, 9.17) is 14.2 Å². The highest BCUT2D eigenvalue weighted by Crippen LogP contribution is 2.26. The Hall–Kier alpha value is -2.54. The number of benzene rings is 2. The molecule has 0 fully saturated rings. The molecule has 2 rings (SSSR count). The molecule has 1 N–H and O–H groups in total. The smallest absolute Gasteiger partial charge is 0.277 e. The summed E-state index contributed by atoms with van der Waals surface area (Å²) < 4.78 is 16.8. The zero-order chi connectivity index (χ0) is 18.2. The summed E-state index contributed by atoms with van der Waals surface area (Å²) in [5.74, 6) is 1.52. The van der Waals surface area contributed by atoms with Gasteiger partial charge in [-0.1, -0.05) is 15.9 Å². The highest BCUT2D eigenvalue weighted by Gasteiger charge is 2.05. The Morgan fingerprint density at radius 2 is 1.84 bits per heavy atom. The van der Waals surface area contributed by atoms with Crippen molar-refractivity contribution in [1.29, 1.82) is 0 Å². The molecular weight excluding hydrogens is 388 g/mol. The SMILES string of the molecule is COc1ccc(C=NNC(=O)COc2ccc(Br)cc2C)cc1OC. The Bertz CT molecular complexity index is 778. The molecule has 2 aromatic rings. The van der Waals surface area contributed by atoms with Gasteiger partial charge in [-0.3, -0.25) is 4.79 Å². The van der Waals surface area contributed by atoms with E-state index in [0.717, 1.165) is 15.6 Å². The molecule has 0 bridgehead atoms. The van der Waals surface area contributed by atoms with Gasteiger partial charge in [0.1, 0.15) is 5.75 Å². The average molecular weight is 407 g/mol. The molecule has 0 aliphatic carbocycles. The number of carbonyl (C=O) groups excluding carboxylic acids is 1. The van der Waals surface area contributed by atoms with Gasteiger partial charge in [0, 0.05) is 4.47 Å². The highest BCUT2D eigenvalue weighted by molar-refractivity contribution is 9.10. The van der Waals surface area contributed by atoms with Crippen LogP contribution in [0.15, 0.2) is 46.0 Å². The van der Waals surface area contributed by atoms with Gasteiger partial charge in [-0.05, 0) is 54.4 Å². The van der Waals surface area contributed by atoms with Crippen molar-refractivity contribution < 1.29 is 19.0 Å². The zero-order valence-corrected chi connectivity index (χ0v) is 15.8. The summed E-state index contributed by atoms with van der Waals surface area (Å²) in [5.41, 5.74) is 4.13. The largest absolute Gasteiger partial charge is 0.493 e. The summed E-state index contributed by atoms with van der Waals surface area (Å²) in [7, 11) is 3.13. The van der Waals surface area contributed by atoms with Crippen LogP contribution in [0.2, 0.25) is 0 Å². The molecule has 0 heterocycles. The molecule has 25 heavy (non-hydrogen) atoms. The van der Waals surface area contributed by atoms with Gasteiger partial charge in [-0.15, -0.1) is 0 Å². The normalized spacial score (nSPS) is 10.6. The standard InChI is InChI=1S/C18H19BrN2O4/c1-12-8-14(19)5-7-15(12)25-11-18(22)21-20-10-13-4-6-16(23-2)17(9-13)24-3/h4-10H,11H2,1-3H3,(H,21,22). The number of hydrazone groups is 1. The molecule has 0 saturated carbocycles. The molecule has 0 saturated heterocycles. The molecule has 0 unspecified atom stereocenters. The number of carbonyl (C=O) groups is 1. The van der Waals surface area contributed by atoms with Crippen LogP contribution in [0.4, 0.5) is 0 Å². The van der Waals surface area contributed by atoms with Crippen LogP contribution >= 0.6 is 15.9 Å². The van der Waals surface area contributed by atoms with E-state index in [1.807, 2.05) is 19.1 Å². The summed E-state index contributed by atoms with van der Waals surface area (Å²) in [6, 6.07) is 10.9. The third-order valence-electron chi connectivity index (χ3n) is 3.31. The summed E-state index contributed by atoms with van der Waals surface area (Å²) in [5, 5.41) is 3.91. The van der Waals surface area contributed by atoms with E-state index in [2.05, 4.69) is 26.5 Å². The predicted molar refractivity (Wildman–Crippen MR) is 99.7 cm³/mol. The number of amides is 1. The number of nitrogens with zero attached hydrogens (tertiary/aromatic N) is 1. The molecule has 0 atom stereocenters. The molecule has 0 radical (unpaired) electrons. The molecule has 0 aliphatic heterocycles. The van der Waals surface area contributed by atoms with Crippen LogP contribution in [-0.2, 0) is 4.79 Å². The second-order valence-electron chi connectivity index (χ2n) is 5.11. The van der Waals surface area contributed by atoms with Crippen LogP contribution in [0.5, 0.6) is 17.2 Å². The first-order chi connectivity index (χ1) is 12.0. The van der Waals surface area contributed by atoms with Crippen LogP contribution in [0.1, 0.15) is 11.1 Å². The van der Waals surface area contributed by atoms with E-state index >= 15 is 0 Å². The summed E-state index contributed by atoms with van der Waals surface area (Å²) in [4.78, 5) is 11.8. The number of hydrogen-bond acceptors (Lipinski definition) is 5. The van der Waals surface area contributed by atoms with E-state index < -0.39 is 0 Å². The topological polar surface area (TPSA) is 69.2 Å². The minimum atomic E-state index is -0.348.